The van der Waals surface area contributed by atoms with Gasteiger partial charge in [-0.3, -0.25) is 0 Å². The lowest BCUT2D eigenvalue weighted by Crippen LogP contribution is -2.04. The van der Waals surface area contributed by atoms with Crippen LogP contribution in [0.4, 0.5) is 5.82 Å². The van der Waals surface area contributed by atoms with Gasteiger partial charge in [0, 0.05) is 0 Å². The number of nitrogens with two attached hydrogens (primary N) is 1. The van der Waals surface area contributed by atoms with Gasteiger partial charge in [0.15, 0.2) is 0 Å². The first-order chi connectivity index (χ1) is 7.65. The fourth-order valence-electron chi connectivity index (χ4n) is 1.25. The van der Waals surface area contributed by atoms with Crippen LogP contribution in [0.5, 0.6) is 0 Å². The lowest BCUT2D eigenvalue weighted by atomic mass is 10.2. The zero-order valence-electron chi connectivity index (χ0n) is 8.62. The van der Waals surface area contributed by atoms with Crippen LogP contribution in [-0.4, -0.2) is 36.2 Å². The van der Waals surface area contributed by atoms with E-state index in [4.69, 9.17) is 10.9 Å². The quantitative estimate of drug-likeness (QED) is 0.407. The molecule has 2 rings (SSSR count). The van der Waals surface area contributed by atoms with Crippen molar-refractivity contribution < 1.29 is 9.84 Å². The third kappa shape index (κ3) is 1.38. The van der Waals surface area contributed by atoms with Crippen LogP contribution in [0.2, 0.25) is 0 Å². The van der Waals surface area contributed by atoms with Crippen molar-refractivity contribution in [2.75, 3.05) is 5.73 Å². The Hall–Kier alpha value is -2.45. The monoisotopic (exact) mass is 223 g/mol. The Kier molecular flexibility index (Phi) is 2.27. The minimum absolute atomic E-state index is 0.109. The largest absolute Gasteiger partial charge is 0.411 e. The molecule has 2 heterocycles. The van der Waals surface area contributed by atoms with Crippen LogP contribution in [0.25, 0.3) is 5.82 Å². The predicted octanol–water partition coefficient (Wildman–Crippen LogP) is -0.261. The molecule has 0 bridgehead atoms. The highest BCUT2D eigenvalue weighted by Gasteiger charge is 2.17. The van der Waals surface area contributed by atoms with Crippen LogP contribution in [0, 0.1) is 6.92 Å². The molecule has 0 unspecified atom stereocenters. The number of nitrogen functional groups attached to an aromatic ring is 1. The number of anilines is 1. The van der Waals surface area contributed by atoms with Crippen LogP contribution in [-0.2, 0) is 0 Å². The van der Waals surface area contributed by atoms with E-state index in [9.17, 15) is 0 Å². The Balaban J connectivity index is 2.54. The topological polar surface area (TPSA) is 128 Å². The first-order valence-corrected chi connectivity index (χ1v) is 4.35. The summed E-state index contributed by atoms with van der Waals surface area (Å²) >= 11 is 0. The second-order valence-electron chi connectivity index (χ2n) is 3.09. The van der Waals surface area contributed by atoms with Crippen LogP contribution < -0.4 is 5.73 Å². The lowest BCUT2D eigenvalue weighted by molar-refractivity contribution is 0.306. The molecule has 9 heteroatoms. The summed E-state index contributed by atoms with van der Waals surface area (Å²) in [4.78, 5) is 0. The second-order valence-corrected chi connectivity index (χ2v) is 3.09. The van der Waals surface area contributed by atoms with E-state index in [1.807, 2.05) is 0 Å². The summed E-state index contributed by atoms with van der Waals surface area (Å²) in [5.74, 6) is 0.361. The average Bonchev–Trinajstić information content (AvgIpc) is 2.84. The molecule has 0 fully saturated rings. The van der Waals surface area contributed by atoms with E-state index in [1.54, 1.807) is 13.8 Å². The molecule has 0 aliphatic heterocycles. The molecule has 0 saturated heterocycles. The van der Waals surface area contributed by atoms with Crippen LogP contribution in [0.15, 0.2) is 9.78 Å². The van der Waals surface area contributed by atoms with Gasteiger partial charge in [0.2, 0.25) is 11.6 Å². The fraction of sp³-hybridized carbons (Fsp3) is 0.286. The highest BCUT2D eigenvalue weighted by molar-refractivity contribution is 5.97. The number of nitrogens with zero attached hydrogens (tertiary/aromatic N) is 6. The third-order valence-electron chi connectivity index (χ3n) is 2.08. The number of aromatic nitrogens is 5. The van der Waals surface area contributed by atoms with E-state index in [-0.39, 0.29) is 11.6 Å². The van der Waals surface area contributed by atoms with Crippen molar-refractivity contribution in [3.8, 4) is 5.82 Å². The summed E-state index contributed by atoms with van der Waals surface area (Å²) in [6.07, 6.45) is 0. The summed E-state index contributed by atoms with van der Waals surface area (Å²) in [6, 6.07) is 0. The fourth-order valence-corrected chi connectivity index (χ4v) is 1.25. The summed E-state index contributed by atoms with van der Waals surface area (Å²) in [5, 5.41) is 26.4. The molecule has 9 nitrogen and oxygen atoms in total. The first kappa shape index (κ1) is 10.1. The van der Waals surface area contributed by atoms with Crippen molar-refractivity contribution in [1.82, 2.24) is 25.3 Å². The van der Waals surface area contributed by atoms with Crippen LogP contribution >= 0.6 is 0 Å². The van der Waals surface area contributed by atoms with Gasteiger partial charge in [-0.25, -0.2) is 4.63 Å². The molecule has 0 aromatic carbocycles. The number of hydrogen-bond acceptors (Lipinski definition) is 8. The van der Waals surface area contributed by atoms with E-state index in [1.165, 1.54) is 4.68 Å². The van der Waals surface area contributed by atoms with E-state index in [0.29, 0.717) is 17.1 Å². The smallest absolute Gasteiger partial charge is 0.243 e. The lowest BCUT2D eigenvalue weighted by Gasteiger charge is -1.97. The molecule has 0 radical (unpaired) electrons. The Morgan fingerprint density at radius 3 is 2.81 bits per heavy atom. The maximum absolute atomic E-state index is 8.65. The Labute approximate surface area is 89.5 Å². The van der Waals surface area contributed by atoms with Crippen molar-refractivity contribution in [2.24, 2.45) is 5.16 Å². The van der Waals surface area contributed by atoms with Crippen molar-refractivity contribution in [1.29, 1.82) is 0 Å². The molecular formula is C7H9N7O2. The minimum atomic E-state index is 0.109. The highest BCUT2D eigenvalue weighted by Crippen LogP contribution is 2.14. The molecule has 0 aliphatic rings. The van der Waals surface area contributed by atoms with E-state index in [0.717, 1.165) is 0 Å². The summed E-state index contributed by atoms with van der Waals surface area (Å²) in [5.41, 5.74) is 6.94. The van der Waals surface area contributed by atoms with Gasteiger partial charge in [-0.1, -0.05) is 10.4 Å². The maximum atomic E-state index is 8.65. The van der Waals surface area contributed by atoms with E-state index >= 15 is 0 Å². The molecule has 16 heavy (non-hydrogen) atoms. The zero-order valence-corrected chi connectivity index (χ0v) is 8.62. The predicted molar refractivity (Wildman–Crippen MR) is 52.4 cm³/mol. The molecule has 0 saturated carbocycles. The molecule has 2 aromatic heterocycles. The Morgan fingerprint density at radius 1 is 1.50 bits per heavy atom. The van der Waals surface area contributed by atoms with Gasteiger partial charge in [-0.15, -0.1) is 5.10 Å². The van der Waals surface area contributed by atoms with E-state index in [2.05, 4.69) is 30.4 Å². The summed E-state index contributed by atoms with van der Waals surface area (Å²) in [7, 11) is 0. The SMILES string of the molecule is C/C(=N\O)c1nnn(-c2nonc2N)c1C. The maximum Gasteiger partial charge on any atom is 0.243 e. The van der Waals surface area contributed by atoms with Gasteiger partial charge >= 0.3 is 0 Å². The third-order valence-corrected chi connectivity index (χ3v) is 2.08. The molecule has 2 aromatic rings. The Bertz CT molecular complexity index is 541. The number of rotatable bonds is 2. The van der Waals surface area contributed by atoms with Crippen molar-refractivity contribution >= 4 is 11.5 Å². The van der Waals surface area contributed by atoms with Crippen LogP contribution in [0.3, 0.4) is 0 Å². The molecule has 0 atom stereocenters. The number of oxime groups is 1. The van der Waals surface area contributed by atoms with E-state index < -0.39 is 0 Å². The average molecular weight is 223 g/mol. The molecule has 0 aliphatic carbocycles. The molecule has 3 N–H and O–H groups in total. The summed E-state index contributed by atoms with van der Waals surface area (Å²) < 4.78 is 5.81. The van der Waals surface area contributed by atoms with Gasteiger partial charge in [0.1, 0.15) is 11.4 Å². The molecule has 0 amide bonds. The Morgan fingerprint density at radius 2 is 2.25 bits per heavy atom. The normalized spacial score (nSPS) is 12.0. The van der Waals surface area contributed by atoms with Gasteiger partial charge < -0.3 is 10.9 Å². The van der Waals surface area contributed by atoms with Crippen molar-refractivity contribution in [3.63, 3.8) is 0 Å². The van der Waals surface area contributed by atoms with Gasteiger partial charge in [-0.2, -0.15) is 4.68 Å². The standard InChI is InChI=1S/C7H9N7O2/c1-3(10-15)5-4(2)14(13-9-5)7-6(8)11-16-12-7/h15H,1-2H3,(H2,8,11)/b10-3+. The minimum Gasteiger partial charge on any atom is -0.411 e. The van der Waals surface area contributed by atoms with Crippen LogP contribution in [0.1, 0.15) is 18.3 Å². The van der Waals surface area contributed by atoms with Gasteiger partial charge in [0.25, 0.3) is 0 Å². The summed E-state index contributed by atoms with van der Waals surface area (Å²) in [6.45, 7) is 3.34. The molecule has 84 valence electrons. The van der Waals surface area contributed by atoms with Crippen molar-refractivity contribution in [2.45, 2.75) is 13.8 Å². The second kappa shape index (κ2) is 3.61. The van der Waals surface area contributed by atoms with Crippen molar-refractivity contribution in [3.05, 3.63) is 11.4 Å². The first-order valence-electron chi connectivity index (χ1n) is 4.35. The molecule has 0 spiro atoms. The molecular weight excluding hydrogens is 214 g/mol. The zero-order chi connectivity index (χ0) is 11.7. The van der Waals surface area contributed by atoms with Gasteiger partial charge in [-0.05, 0) is 24.2 Å². The van der Waals surface area contributed by atoms with Gasteiger partial charge in [0.05, 0.1) is 5.69 Å². The highest BCUT2D eigenvalue weighted by atomic mass is 16.6. The number of hydrogen-bond donors (Lipinski definition) is 2.